The second-order valence-electron chi connectivity index (χ2n) is 6.34. The molecule has 168 valence electrons. The molecule has 2 heterocycles. The minimum absolute atomic E-state index is 0.0805. The van der Waals surface area contributed by atoms with Crippen molar-refractivity contribution in [1.29, 1.82) is 5.26 Å². The van der Waals surface area contributed by atoms with Gasteiger partial charge in [-0.2, -0.15) is 31.6 Å². The Morgan fingerprint density at radius 3 is 1.94 bits per heavy atom. The molecule has 0 aliphatic carbocycles. The number of nitrogens with zero attached hydrogens (tertiary/aromatic N) is 3. The average Bonchev–Trinajstić information content (AvgIpc) is 2.66. The zero-order valence-corrected chi connectivity index (χ0v) is 15.3. The lowest BCUT2D eigenvalue weighted by atomic mass is 9.96. The monoisotopic (exact) mass is 465 g/mol. The van der Waals surface area contributed by atoms with Gasteiger partial charge in [-0.25, -0.2) is 9.97 Å². The predicted molar refractivity (Wildman–Crippen MR) is 90.1 cm³/mol. The molecule has 1 unspecified atom stereocenters. The first-order valence-corrected chi connectivity index (χ1v) is 8.40. The van der Waals surface area contributed by atoms with Crippen LogP contribution >= 0.6 is 0 Å². The third kappa shape index (κ3) is 5.01. The summed E-state index contributed by atoms with van der Waals surface area (Å²) in [5.74, 6) is -1.90. The van der Waals surface area contributed by atoms with Crippen LogP contribution in [0.15, 0.2) is 42.5 Å². The van der Waals surface area contributed by atoms with Crippen LogP contribution in [-0.2, 0) is 12.4 Å². The number of pyridine rings is 2. The lowest BCUT2D eigenvalue weighted by Gasteiger charge is -2.15. The van der Waals surface area contributed by atoms with Crippen LogP contribution in [0.4, 0.5) is 39.5 Å². The molecule has 4 nitrogen and oxygen atoms in total. The molecule has 0 fully saturated rings. The lowest BCUT2D eigenvalue weighted by Crippen LogP contribution is -2.17. The molecule has 0 saturated carbocycles. The Bertz CT molecular complexity index is 1180. The van der Waals surface area contributed by atoms with Gasteiger partial charge in [-0.3, -0.25) is 0 Å². The normalized spacial score (nSPS) is 13.6. The van der Waals surface area contributed by atoms with Crippen molar-refractivity contribution >= 4 is 11.0 Å². The van der Waals surface area contributed by atoms with Gasteiger partial charge in [-0.05, 0) is 35.9 Å². The van der Waals surface area contributed by atoms with Crippen molar-refractivity contribution in [3.8, 4) is 11.8 Å². The van der Waals surface area contributed by atoms with Crippen LogP contribution in [-0.4, -0.2) is 16.3 Å². The topological polar surface area (TPSA) is 58.8 Å². The van der Waals surface area contributed by atoms with E-state index in [1.807, 2.05) is 0 Å². The Morgan fingerprint density at radius 1 is 0.812 bits per heavy atom. The first-order chi connectivity index (χ1) is 14.7. The molecule has 1 aromatic carbocycles. The molecular formula is C19H8F9N3O. The second kappa shape index (κ2) is 7.85. The molecule has 0 aliphatic rings. The SMILES string of the molecule is N#CC(c1ccc(OC(F)(F)F)cc1)c1ccc2c(C(F)(F)F)cc(C(F)(F)F)nc2n1. The fraction of sp³-hybridized carbons (Fsp3) is 0.211. The van der Waals surface area contributed by atoms with Gasteiger partial charge in [0.1, 0.15) is 17.4 Å². The van der Waals surface area contributed by atoms with E-state index in [0.29, 0.717) is 0 Å². The van der Waals surface area contributed by atoms with Gasteiger partial charge in [0.15, 0.2) is 5.65 Å². The summed E-state index contributed by atoms with van der Waals surface area (Å²) in [7, 11) is 0. The molecule has 0 saturated heterocycles. The van der Waals surface area contributed by atoms with Gasteiger partial charge < -0.3 is 4.74 Å². The van der Waals surface area contributed by atoms with Crippen molar-refractivity contribution < 1.29 is 44.3 Å². The van der Waals surface area contributed by atoms with Crippen molar-refractivity contribution in [2.75, 3.05) is 0 Å². The van der Waals surface area contributed by atoms with Gasteiger partial charge in [0.05, 0.1) is 17.3 Å². The number of hydrogen-bond acceptors (Lipinski definition) is 4. The minimum Gasteiger partial charge on any atom is -0.406 e. The Kier molecular flexibility index (Phi) is 5.67. The van der Waals surface area contributed by atoms with E-state index in [2.05, 4.69) is 14.7 Å². The smallest absolute Gasteiger partial charge is 0.406 e. The molecule has 1 atom stereocenters. The molecule has 0 N–H and O–H groups in total. The highest BCUT2D eigenvalue weighted by Crippen LogP contribution is 2.38. The van der Waals surface area contributed by atoms with Crippen molar-refractivity contribution in [1.82, 2.24) is 9.97 Å². The number of aromatic nitrogens is 2. The Balaban J connectivity index is 2.09. The minimum atomic E-state index is -5.19. The van der Waals surface area contributed by atoms with E-state index in [4.69, 9.17) is 0 Å². The third-order valence-electron chi connectivity index (χ3n) is 4.16. The Hall–Kier alpha value is -3.56. The zero-order valence-electron chi connectivity index (χ0n) is 15.3. The fourth-order valence-electron chi connectivity index (χ4n) is 2.83. The number of alkyl halides is 9. The van der Waals surface area contributed by atoms with E-state index in [1.54, 1.807) is 6.07 Å². The maximum absolute atomic E-state index is 13.3. The van der Waals surface area contributed by atoms with E-state index < -0.39 is 52.7 Å². The molecule has 0 aliphatic heterocycles. The largest absolute Gasteiger partial charge is 0.573 e. The van der Waals surface area contributed by atoms with Crippen LogP contribution in [0.3, 0.4) is 0 Å². The van der Waals surface area contributed by atoms with Crippen LogP contribution in [0.25, 0.3) is 11.0 Å². The number of ether oxygens (including phenoxy) is 1. The predicted octanol–water partition coefficient (Wildman–Crippen LogP) is 6.22. The Morgan fingerprint density at radius 2 is 1.44 bits per heavy atom. The maximum Gasteiger partial charge on any atom is 0.573 e. The van der Waals surface area contributed by atoms with E-state index in [1.165, 1.54) is 0 Å². The van der Waals surface area contributed by atoms with Crippen molar-refractivity contribution in [2.24, 2.45) is 0 Å². The third-order valence-corrected chi connectivity index (χ3v) is 4.16. The highest BCUT2D eigenvalue weighted by atomic mass is 19.4. The van der Waals surface area contributed by atoms with Crippen molar-refractivity contribution in [3.05, 3.63) is 65.0 Å². The summed E-state index contributed by atoms with van der Waals surface area (Å²) in [6.07, 6.45) is -15.3. The van der Waals surface area contributed by atoms with Gasteiger partial charge in [-0.15, -0.1) is 13.2 Å². The van der Waals surface area contributed by atoms with Crippen LogP contribution in [0, 0.1) is 11.3 Å². The average molecular weight is 465 g/mol. The van der Waals surface area contributed by atoms with Gasteiger partial charge in [0.2, 0.25) is 0 Å². The molecule has 32 heavy (non-hydrogen) atoms. The quantitative estimate of drug-likeness (QED) is 0.431. The summed E-state index contributed by atoms with van der Waals surface area (Å²) in [6, 6.07) is 7.43. The fourth-order valence-corrected chi connectivity index (χ4v) is 2.83. The number of halogens is 9. The highest BCUT2D eigenvalue weighted by Gasteiger charge is 2.39. The van der Waals surface area contributed by atoms with Gasteiger partial charge in [0, 0.05) is 5.39 Å². The van der Waals surface area contributed by atoms with E-state index >= 15 is 0 Å². The number of rotatable bonds is 3. The first-order valence-electron chi connectivity index (χ1n) is 8.40. The van der Waals surface area contributed by atoms with Crippen LogP contribution in [0.2, 0.25) is 0 Å². The molecular weight excluding hydrogens is 457 g/mol. The molecule has 13 heteroatoms. The number of fused-ring (bicyclic) bond motifs is 1. The zero-order chi connectivity index (χ0) is 23.9. The number of benzene rings is 1. The summed E-state index contributed by atoms with van der Waals surface area (Å²) in [5, 5.41) is 8.74. The van der Waals surface area contributed by atoms with E-state index in [0.717, 1.165) is 36.4 Å². The molecule has 0 amide bonds. The van der Waals surface area contributed by atoms with Crippen molar-refractivity contribution in [2.45, 2.75) is 24.6 Å². The van der Waals surface area contributed by atoms with Crippen LogP contribution in [0.1, 0.15) is 28.4 Å². The number of nitriles is 1. The number of hydrogen-bond donors (Lipinski definition) is 0. The molecule has 3 rings (SSSR count). The standard InChI is InChI=1S/C19H8F9N3O/c20-17(21,22)13-7-15(18(23,24)25)31-16-11(13)5-6-14(30-16)12(8-29)9-1-3-10(4-2-9)32-19(26,27)28/h1-7,12H. The molecule has 0 bridgehead atoms. The summed E-state index contributed by atoms with van der Waals surface area (Å²) < 4.78 is 119. The molecule has 0 spiro atoms. The van der Waals surface area contributed by atoms with E-state index in [9.17, 15) is 44.8 Å². The van der Waals surface area contributed by atoms with Crippen LogP contribution < -0.4 is 4.74 Å². The molecule has 0 radical (unpaired) electrons. The van der Waals surface area contributed by atoms with Crippen LogP contribution in [0.5, 0.6) is 5.75 Å². The molecule has 3 aromatic rings. The summed E-state index contributed by atoms with van der Waals surface area (Å²) in [6.45, 7) is 0. The van der Waals surface area contributed by atoms with Gasteiger partial charge in [-0.1, -0.05) is 12.1 Å². The first kappa shape index (κ1) is 23.1. The van der Waals surface area contributed by atoms with Crippen molar-refractivity contribution in [3.63, 3.8) is 0 Å². The second-order valence-corrected chi connectivity index (χ2v) is 6.34. The maximum atomic E-state index is 13.3. The molecule has 2 aromatic heterocycles. The lowest BCUT2D eigenvalue weighted by molar-refractivity contribution is -0.274. The van der Waals surface area contributed by atoms with Gasteiger partial charge >= 0.3 is 18.7 Å². The summed E-state index contributed by atoms with van der Waals surface area (Å²) >= 11 is 0. The van der Waals surface area contributed by atoms with Gasteiger partial charge in [0.25, 0.3) is 0 Å². The van der Waals surface area contributed by atoms with E-state index in [-0.39, 0.29) is 17.3 Å². The Labute approximate surface area is 172 Å². The highest BCUT2D eigenvalue weighted by molar-refractivity contribution is 5.80. The summed E-state index contributed by atoms with van der Waals surface area (Å²) in [5.41, 5.74) is -4.47. The summed E-state index contributed by atoms with van der Waals surface area (Å²) in [4.78, 5) is 6.86.